The topological polar surface area (TPSA) is 62.5 Å². The standard InChI is InChI=1S/C17H22N4O2S/c1-13-16(14(2)23-19-13)11-20-7-9-21(10-8-20)17(22)12-24-15-3-5-18-6-4-15/h3-6H,7-12H2,1-2H3. The lowest BCUT2D eigenvalue weighted by atomic mass is 10.2. The fraction of sp³-hybridized carbons (Fsp3) is 0.471. The first-order valence-electron chi connectivity index (χ1n) is 8.08. The van der Waals surface area contributed by atoms with E-state index in [4.69, 9.17) is 4.52 Å². The molecule has 2 aromatic rings. The van der Waals surface area contributed by atoms with Gasteiger partial charge in [0.2, 0.25) is 5.91 Å². The molecule has 3 heterocycles. The van der Waals surface area contributed by atoms with Crippen molar-refractivity contribution in [1.29, 1.82) is 0 Å². The van der Waals surface area contributed by atoms with Crippen molar-refractivity contribution >= 4 is 17.7 Å². The van der Waals surface area contributed by atoms with Crippen molar-refractivity contribution in [3.8, 4) is 0 Å². The molecule has 1 aliphatic rings. The molecule has 1 aliphatic heterocycles. The van der Waals surface area contributed by atoms with E-state index in [9.17, 15) is 4.79 Å². The van der Waals surface area contributed by atoms with Crippen molar-refractivity contribution in [3.63, 3.8) is 0 Å². The first-order valence-corrected chi connectivity index (χ1v) is 9.07. The number of rotatable bonds is 5. The number of aryl methyl sites for hydroxylation is 2. The number of hydrogen-bond acceptors (Lipinski definition) is 6. The van der Waals surface area contributed by atoms with E-state index < -0.39 is 0 Å². The minimum absolute atomic E-state index is 0.203. The maximum absolute atomic E-state index is 12.3. The maximum atomic E-state index is 12.3. The molecule has 0 atom stereocenters. The molecule has 3 rings (SSSR count). The number of amides is 1. The summed E-state index contributed by atoms with van der Waals surface area (Å²) in [7, 11) is 0. The lowest BCUT2D eigenvalue weighted by Crippen LogP contribution is -2.48. The summed E-state index contributed by atoms with van der Waals surface area (Å²) in [6, 6.07) is 3.86. The molecule has 2 aromatic heterocycles. The highest BCUT2D eigenvalue weighted by Gasteiger charge is 2.22. The van der Waals surface area contributed by atoms with E-state index in [2.05, 4.69) is 15.0 Å². The number of aromatic nitrogens is 2. The number of piperazine rings is 1. The Hall–Kier alpha value is -1.86. The van der Waals surface area contributed by atoms with Gasteiger partial charge in [0, 0.05) is 55.6 Å². The van der Waals surface area contributed by atoms with Gasteiger partial charge in [-0.05, 0) is 26.0 Å². The fourth-order valence-corrected chi connectivity index (χ4v) is 3.56. The summed E-state index contributed by atoms with van der Waals surface area (Å²) in [5.41, 5.74) is 2.13. The number of carbonyl (C=O) groups is 1. The molecule has 1 saturated heterocycles. The van der Waals surface area contributed by atoms with Crippen LogP contribution in [0.3, 0.4) is 0 Å². The van der Waals surface area contributed by atoms with Gasteiger partial charge in [-0.2, -0.15) is 0 Å². The third kappa shape index (κ3) is 4.15. The zero-order valence-electron chi connectivity index (χ0n) is 14.1. The SMILES string of the molecule is Cc1noc(C)c1CN1CCN(C(=O)CSc2ccncc2)CC1. The molecule has 7 heteroatoms. The van der Waals surface area contributed by atoms with Gasteiger partial charge in [-0.1, -0.05) is 5.16 Å². The van der Waals surface area contributed by atoms with Gasteiger partial charge in [0.15, 0.2) is 0 Å². The fourth-order valence-electron chi connectivity index (χ4n) is 2.78. The smallest absolute Gasteiger partial charge is 0.233 e. The van der Waals surface area contributed by atoms with E-state index in [-0.39, 0.29) is 5.91 Å². The summed E-state index contributed by atoms with van der Waals surface area (Å²) < 4.78 is 5.22. The highest BCUT2D eigenvalue weighted by Crippen LogP contribution is 2.19. The van der Waals surface area contributed by atoms with Crippen molar-refractivity contribution in [1.82, 2.24) is 19.9 Å². The van der Waals surface area contributed by atoms with Crippen molar-refractivity contribution in [2.45, 2.75) is 25.3 Å². The lowest BCUT2D eigenvalue weighted by molar-refractivity contribution is -0.130. The molecule has 0 radical (unpaired) electrons. The molecule has 0 spiro atoms. The Morgan fingerprint density at radius 2 is 1.92 bits per heavy atom. The predicted molar refractivity (Wildman–Crippen MR) is 92.8 cm³/mol. The summed E-state index contributed by atoms with van der Waals surface area (Å²) in [4.78, 5) is 21.7. The molecule has 1 fully saturated rings. The molecule has 0 aromatic carbocycles. The first-order chi connectivity index (χ1) is 11.6. The summed E-state index contributed by atoms with van der Waals surface area (Å²) in [6.07, 6.45) is 3.50. The highest BCUT2D eigenvalue weighted by atomic mass is 32.2. The molecule has 6 nitrogen and oxygen atoms in total. The van der Waals surface area contributed by atoms with Crippen molar-refractivity contribution in [2.75, 3.05) is 31.9 Å². The summed E-state index contributed by atoms with van der Waals surface area (Å²) >= 11 is 1.57. The van der Waals surface area contributed by atoms with Gasteiger partial charge < -0.3 is 9.42 Å². The summed E-state index contributed by atoms with van der Waals surface area (Å²) in [5.74, 6) is 1.57. The van der Waals surface area contributed by atoms with Crippen molar-refractivity contribution in [2.24, 2.45) is 0 Å². The molecule has 1 amide bonds. The second-order valence-electron chi connectivity index (χ2n) is 5.93. The quantitative estimate of drug-likeness (QED) is 0.773. The minimum atomic E-state index is 0.203. The van der Waals surface area contributed by atoms with Crippen LogP contribution in [-0.4, -0.2) is 57.8 Å². The van der Waals surface area contributed by atoms with Crippen molar-refractivity contribution in [3.05, 3.63) is 41.5 Å². The Bertz CT molecular complexity index is 662. The second-order valence-corrected chi connectivity index (χ2v) is 6.98. The highest BCUT2D eigenvalue weighted by molar-refractivity contribution is 8.00. The van der Waals surface area contributed by atoms with Crippen LogP contribution in [0.1, 0.15) is 17.0 Å². The van der Waals surface area contributed by atoms with Gasteiger partial charge >= 0.3 is 0 Å². The molecular formula is C17H22N4O2S. The van der Waals surface area contributed by atoms with Crippen LogP contribution in [0.2, 0.25) is 0 Å². The Balaban J connectivity index is 1.45. The molecular weight excluding hydrogens is 324 g/mol. The Kier molecular flexibility index (Phi) is 5.52. The Labute approximate surface area is 146 Å². The Morgan fingerprint density at radius 1 is 1.21 bits per heavy atom. The van der Waals surface area contributed by atoms with E-state index in [1.165, 1.54) is 5.56 Å². The monoisotopic (exact) mass is 346 g/mol. The van der Waals surface area contributed by atoms with Crippen molar-refractivity contribution < 1.29 is 9.32 Å². The predicted octanol–water partition coefficient (Wildman–Crippen LogP) is 2.12. The number of carbonyl (C=O) groups excluding carboxylic acids is 1. The van der Waals surface area contributed by atoms with Crippen LogP contribution >= 0.6 is 11.8 Å². The van der Waals surface area contributed by atoms with Crippen LogP contribution in [0.5, 0.6) is 0 Å². The molecule has 0 aliphatic carbocycles. The minimum Gasteiger partial charge on any atom is -0.361 e. The second kappa shape index (κ2) is 7.81. The van der Waals surface area contributed by atoms with E-state index in [0.29, 0.717) is 5.75 Å². The first kappa shape index (κ1) is 17.0. The van der Waals surface area contributed by atoms with E-state index in [1.807, 2.05) is 30.9 Å². The van der Waals surface area contributed by atoms with Gasteiger partial charge in [0.1, 0.15) is 5.76 Å². The normalized spacial score (nSPS) is 15.7. The van der Waals surface area contributed by atoms with Gasteiger partial charge in [-0.3, -0.25) is 14.7 Å². The average molecular weight is 346 g/mol. The van der Waals surface area contributed by atoms with E-state index in [1.54, 1.807) is 24.2 Å². The number of nitrogens with zero attached hydrogens (tertiary/aromatic N) is 4. The summed E-state index contributed by atoms with van der Waals surface area (Å²) in [5, 5.41) is 4.00. The zero-order chi connectivity index (χ0) is 16.9. The lowest BCUT2D eigenvalue weighted by Gasteiger charge is -2.34. The van der Waals surface area contributed by atoms with Gasteiger partial charge in [-0.15, -0.1) is 11.8 Å². The molecule has 0 bridgehead atoms. The third-order valence-corrected chi connectivity index (χ3v) is 5.30. The molecule has 128 valence electrons. The van der Waals surface area contributed by atoms with Gasteiger partial charge in [-0.25, -0.2) is 0 Å². The van der Waals surface area contributed by atoms with Crippen LogP contribution in [-0.2, 0) is 11.3 Å². The summed E-state index contributed by atoms with van der Waals surface area (Å²) in [6.45, 7) is 8.09. The molecule has 0 saturated carbocycles. The van der Waals surface area contributed by atoms with Crippen LogP contribution in [0.15, 0.2) is 33.9 Å². The zero-order valence-corrected chi connectivity index (χ0v) is 14.9. The molecule has 24 heavy (non-hydrogen) atoms. The Morgan fingerprint density at radius 3 is 2.54 bits per heavy atom. The largest absolute Gasteiger partial charge is 0.361 e. The maximum Gasteiger partial charge on any atom is 0.233 e. The van der Waals surface area contributed by atoms with Gasteiger partial charge in [0.05, 0.1) is 11.4 Å². The number of thioether (sulfide) groups is 1. The third-order valence-electron chi connectivity index (χ3n) is 4.30. The molecule has 0 N–H and O–H groups in total. The van der Waals surface area contributed by atoms with E-state index >= 15 is 0 Å². The number of pyridine rings is 1. The van der Waals surface area contributed by atoms with Crippen LogP contribution in [0.25, 0.3) is 0 Å². The van der Waals surface area contributed by atoms with E-state index in [0.717, 1.165) is 49.1 Å². The van der Waals surface area contributed by atoms with Crippen LogP contribution in [0.4, 0.5) is 0 Å². The molecule has 0 unspecified atom stereocenters. The number of hydrogen-bond donors (Lipinski definition) is 0. The van der Waals surface area contributed by atoms with Crippen LogP contribution < -0.4 is 0 Å². The van der Waals surface area contributed by atoms with Crippen LogP contribution in [0, 0.1) is 13.8 Å². The average Bonchev–Trinajstić information content (AvgIpc) is 2.93. The van der Waals surface area contributed by atoms with Gasteiger partial charge in [0.25, 0.3) is 0 Å².